The zero-order valence-electron chi connectivity index (χ0n) is 23.5. The predicted molar refractivity (Wildman–Crippen MR) is 166 cm³/mol. The molecule has 0 atom stereocenters. The molecular formula is C35H30N6O2. The molecule has 7 rings (SSSR count). The molecule has 4 aromatic carbocycles. The summed E-state index contributed by atoms with van der Waals surface area (Å²) in [6.45, 7) is 2.26. The van der Waals surface area contributed by atoms with E-state index in [4.69, 9.17) is 9.72 Å². The van der Waals surface area contributed by atoms with Gasteiger partial charge in [-0.25, -0.2) is 14.5 Å². The van der Waals surface area contributed by atoms with Crippen LogP contribution in [0.1, 0.15) is 27.0 Å². The molecule has 0 amide bonds. The zero-order valence-corrected chi connectivity index (χ0v) is 23.5. The summed E-state index contributed by atoms with van der Waals surface area (Å²) in [5.41, 5.74) is 3.15. The van der Waals surface area contributed by atoms with E-state index in [1.807, 2.05) is 84.9 Å². The quantitative estimate of drug-likeness (QED) is 0.248. The molecule has 3 aliphatic rings. The second kappa shape index (κ2) is 11.5. The number of benzene rings is 4. The number of nitrogens with zero attached hydrogens (tertiary/aromatic N) is 5. The van der Waals surface area contributed by atoms with Crippen LogP contribution in [0.25, 0.3) is 11.5 Å². The summed E-state index contributed by atoms with van der Waals surface area (Å²) < 4.78 is 7.32. The van der Waals surface area contributed by atoms with Gasteiger partial charge >= 0.3 is 0 Å². The van der Waals surface area contributed by atoms with Crippen LogP contribution in [-0.4, -0.2) is 51.7 Å². The van der Waals surface area contributed by atoms with Crippen LogP contribution in [0, 0.1) is 0 Å². The number of rotatable bonds is 7. The van der Waals surface area contributed by atoms with E-state index in [1.165, 1.54) is 6.33 Å². The first-order chi connectivity index (χ1) is 21.3. The molecule has 212 valence electrons. The highest BCUT2D eigenvalue weighted by atomic mass is 16.5. The first kappa shape index (κ1) is 26.6. The average molecular weight is 567 g/mol. The zero-order chi connectivity index (χ0) is 29.1. The third kappa shape index (κ3) is 4.81. The van der Waals surface area contributed by atoms with Crippen molar-refractivity contribution in [3.8, 4) is 11.5 Å². The summed E-state index contributed by atoms with van der Waals surface area (Å²) >= 11 is 0. The number of morpholine rings is 1. The van der Waals surface area contributed by atoms with Crippen molar-refractivity contribution in [1.29, 1.82) is 0 Å². The molecule has 0 saturated carbocycles. The molecule has 0 aliphatic carbocycles. The van der Waals surface area contributed by atoms with Crippen molar-refractivity contribution in [2.75, 3.05) is 36.5 Å². The Balaban J connectivity index is 1.55. The lowest BCUT2D eigenvalue weighted by atomic mass is 9.77. The van der Waals surface area contributed by atoms with Crippen LogP contribution in [0.4, 0.5) is 11.8 Å². The highest BCUT2D eigenvalue weighted by Crippen LogP contribution is 2.43. The van der Waals surface area contributed by atoms with Gasteiger partial charge in [-0.15, -0.1) is 0 Å². The Kier molecular flexibility index (Phi) is 7.10. The Morgan fingerprint density at radius 3 is 1.74 bits per heavy atom. The molecule has 3 heterocycles. The molecule has 4 aromatic rings. The standard InChI is InChI=1S/C35H30N6O2/c42-33(26-13-5-1-6-14-26)41-32(30-31(37-25-36-30)38-34(41)40-21-23-43-24-22-40)39-35(27-15-7-2-8-16-27,28-17-9-3-10-18-28)29-19-11-4-12-20-29/h1-20,25,39H,21-24H2. The molecule has 1 N–H and O–H groups in total. The maximum absolute atomic E-state index is 14.6. The van der Waals surface area contributed by atoms with Gasteiger partial charge in [-0.3, -0.25) is 4.79 Å². The first-order valence-electron chi connectivity index (χ1n) is 14.4. The molecule has 1 fully saturated rings. The lowest BCUT2D eigenvalue weighted by Crippen LogP contribution is -2.43. The van der Waals surface area contributed by atoms with E-state index in [1.54, 1.807) is 4.57 Å². The van der Waals surface area contributed by atoms with Gasteiger partial charge in [0, 0.05) is 18.7 Å². The van der Waals surface area contributed by atoms with Gasteiger partial charge in [0.1, 0.15) is 17.7 Å². The van der Waals surface area contributed by atoms with E-state index < -0.39 is 5.54 Å². The Morgan fingerprint density at radius 2 is 1.21 bits per heavy atom. The number of anilines is 2. The average Bonchev–Trinajstić information content (AvgIpc) is 3.57. The van der Waals surface area contributed by atoms with Crippen LogP contribution < -0.4 is 10.2 Å². The van der Waals surface area contributed by atoms with Crippen LogP contribution in [0.15, 0.2) is 128 Å². The van der Waals surface area contributed by atoms with Crippen LogP contribution >= 0.6 is 0 Å². The van der Waals surface area contributed by atoms with Gasteiger partial charge < -0.3 is 15.0 Å². The molecule has 0 radical (unpaired) electrons. The van der Waals surface area contributed by atoms with Gasteiger partial charge in [-0.1, -0.05) is 109 Å². The number of ether oxygens (including phenoxy) is 1. The number of hydrogen-bond acceptors (Lipinski definition) is 7. The SMILES string of the molecule is O=C(c1ccccc1)n1c(N2CCOCC2)nc2ncnc-2c1NC(c1ccccc1)(c1ccccc1)c1ccccc1. The van der Waals surface area contributed by atoms with E-state index in [9.17, 15) is 4.79 Å². The summed E-state index contributed by atoms with van der Waals surface area (Å²) in [5.74, 6) is 1.25. The highest BCUT2D eigenvalue weighted by Gasteiger charge is 2.40. The fourth-order valence-electron chi connectivity index (χ4n) is 5.81. The minimum Gasteiger partial charge on any atom is -0.378 e. The summed E-state index contributed by atoms with van der Waals surface area (Å²) in [4.78, 5) is 30.7. The molecule has 8 heteroatoms. The van der Waals surface area contributed by atoms with E-state index in [0.29, 0.717) is 55.2 Å². The number of carbonyl (C=O) groups excluding carboxylic acids is 1. The van der Waals surface area contributed by atoms with Crippen LogP contribution in [0.3, 0.4) is 0 Å². The number of fused-ring (bicyclic) bond motifs is 1. The smallest absolute Gasteiger partial charge is 0.266 e. The largest absolute Gasteiger partial charge is 0.378 e. The van der Waals surface area contributed by atoms with Gasteiger partial charge in [0.15, 0.2) is 11.5 Å². The maximum atomic E-state index is 14.6. The number of aromatic nitrogens is 4. The Hall–Kier alpha value is -5.34. The van der Waals surface area contributed by atoms with Crippen molar-refractivity contribution in [2.45, 2.75) is 5.54 Å². The maximum Gasteiger partial charge on any atom is 0.266 e. The van der Waals surface area contributed by atoms with Crippen molar-refractivity contribution in [2.24, 2.45) is 0 Å². The molecule has 0 bridgehead atoms. The normalized spacial score (nSPS) is 13.6. The summed E-state index contributed by atoms with van der Waals surface area (Å²) in [5, 5.41) is 3.91. The Bertz CT molecular complexity index is 1690. The summed E-state index contributed by atoms with van der Waals surface area (Å²) in [6, 6.07) is 40.1. The fourth-order valence-corrected chi connectivity index (χ4v) is 5.81. The molecule has 43 heavy (non-hydrogen) atoms. The molecule has 8 nitrogen and oxygen atoms in total. The molecular weight excluding hydrogens is 536 g/mol. The Labute approximate surface area is 250 Å². The lowest BCUT2D eigenvalue weighted by molar-refractivity contribution is 0.0955. The molecule has 0 spiro atoms. The van der Waals surface area contributed by atoms with Gasteiger partial charge in [-0.05, 0) is 28.8 Å². The molecule has 0 unspecified atom stereocenters. The third-order valence-corrected chi connectivity index (χ3v) is 7.88. The van der Waals surface area contributed by atoms with Gasteiger partial charge in [0.05, 0.1) is 13.2 Å². The van der Waals surface area contributed by atoms with Crippen molar-refractivity contribution in [3.05, 3.63) is 150 Å². The fraction of sp³-hybridized carbons (Fsp3) is 0.143. The molecule has 3 aliphatic heterocycles. The van der Waals surface area contributed by atoms with E-state index in [2.05, 4.69) is 56.6 Å². The topological polar surface area (TPSA) is 85.2 Å². The highest BCUT2D eigenvalue weighted by molar-refractivity contribution is 6.01. The number of carbonyl (C=O) groups is 1. The second-order valence-corrected chi connectivity index (χ2v) is 10.4. The van der Waals surface area contributed by atoms with Crippen molar-refractivity contribution in [1.82, 2.24) is 19.5 Å². The van der Waals surface area contributed by atoms with E-state index >= 15 is 0 Å². The first-order valence-corrected chi connectivity index (χ1v) is 14.4. The lowest BCUT2D eigenvalue weighted by Gasteiger charge is -2.39. The van der Waals surface area contributed by atoms with E-state index in [-0.39, 0.29) is 5.91 Å². The van der Waals surface area contributed by atoms with Crippen LogP contribution in [0.5, 0.6) is 0 Å². The van der Waals surface area contributed by atoms with Crippen molar-refractivity contribution < 1.29 is 9.53 Å². The second-order valence-electron chi connectivity index (χ2n) is 10.4. The monoisotopic (exact) mass is 566 g/mol. The van der Waals surface area contributed by atoms with Gasteiger partial charge in [-0.2, -0.15) is 4.98 Å². The number of hydrogen-bond donors (Lipinski definition) is 1. The predicted octanol–water partition coefficient (Wildman–Crippen LogP) is 5.71. The van der Waals surface area contributed by atoms with Crippen molar-refractivity contribution >= 4 is 17.7 Å². The third-order valence-electron chi connectivity index (χ3n) is 7.88. The molecule has 1 saturated heterocycles. The van der Waals surface area contributed by atoms with Crippen molar-refractivity contribution in [3.63, 3.8) is 0 Å². The minimum atomic E-state index is -0.905. The number of imidazole rings is 1. The van der Waals surface area contributed by atoms with E-state index in [0.717, 1.165) is 16.7 Å². The minimum absolute atomic E-state index is 0.218. The summed E-state index contributed by atoms with van der Waals surface area (Å²) in [6.07, 6.45) is 1.50. The van der Waals surface area contributed by atoms with Gasteiger partial charge in [0.25, 0.3) is 5.91 Å². The van der Waals surface area contributed by atoms with Gasteiger partial charge in [0.2, 0.25) is 5.95 Å². The van der Waals surface area contributed by atoms with Crippen LogP contribution in [0.2, 0.25) is 0 Å². The number of nitrogens with one attached hydrogen (secondary N) is 1. The molecule has 0 aromatic heterocycles. The van der Waals surface area contributed by atoms with Crippen LogP contribution in [-0.2, 0) is 10.3 Å². The Morgan fingerprint density at radius 1 is 0.698 bits per heavy atom. The summed E-state index contributed by atoms with van der Waals surface area (Å²) in [7, 11) is 0.